The number of allylic oxidation sites excluding steroid dienone is 2. The van der Waals surface area contributed by atoms with E-state index in [0.717, 1.165) is 51.1 Å². The summed E-state index contributed by atoms with van der Waals surface area (Å²) >= 11 is 0. The average Bonchev–Trinajstić information content (AvgIpc) is 2.73. The van der Waals surface area contributed by atoms with Gasteiger partial charge in [-0.15, -0.1) is 0 Å². The van der Waals surface area contributed by atoms with E-state index in [1.807, 2.05) is 0 Å². The smallest absolute Gasteiger partial charge is 0.164 e. The molecule has 0 radical (unpaired) electrons. The van der Waals surface area contributed by atoms with Gasteiger partial charge in [0.1, 0.15) is 18.8 Å². The Bertz CT molecular complexity index is 303. The molecular formula is C14H24NO2+. The van der Waals surface area contributed by atoms with Crippen molar-refractivity contribution in [1.82, 2.24) is 0 Å². The topological polar surface area (TPSA) is 30.7 Å². The Morgan fingerprint density at radius 2 is 1.94 bits per heavy atom. The molecule has 1 saturated heterocycles. The quantitative estimate of drug-likeness (QED) is 0.727. The van der Waals surface area contributed by atoms with Gasteiger partial charge in [-0.2, -0.15) is 0 Å². The van der Waals surface area contributed by atoms with E-state index in [2.05, 4.69) is 6.92 Å². The summed E-state index contributed by atoms with van der Waals surface area (Å²) in [5.41, 5.74) is 2.57. The summed E-state index contributed by atoms with van der Waals surface area (Å²) in [5.74, 6) is 0.412. The van der Waals surface area contributed by atoms with E-state index in [1.54, 1.807) is 0 Å². The third kappa shape index (κ3) is 3.17. The monoisotopic (exact) mass is 238 g/mol. The van der Waals surface area contributed by atoms with Crippen molar-refractivity contribution in [1.29, 1.82) is 0 Å². The van der Waals surface area contributed by atoms with Gasteiger partial charge in [0.05, 0.1) is 18.8 Å². The molecule has 17 heavy (non-hydrogen) atoms. The number of ether oxygens (including phenoxy) is 1. The number of hydrogen-bond donors (Lipinski definition) is 1. The lowest BCUT2D eigenvalue weighted by molar-refractivity contribution is -0.871. The summed E-state index contributed by atoms with van der Waals surface area (Å²) in [6.45, 7) is 5.98. The molecule has 96 valence electrons. The van der Waals surface area contributed by atoms with E-state index in [1.165, 1.54) is 29.9 Å². The predicted octanol–water partition coefficient (Wildman–Crippen LogP) is 1.10. The highest BCUT2D eigenvalue weighted by atomic mass is 16.5. The molecule has 2 rings (SSSR count). The minimum atomic E-state index is 0.412. The fourth-order valence-electron chi connectivity index (χ4n) is 2.86. The van der Waals surface area contributed by atoms with E-state index in [0.29, 0.717) is 5.78 Å². The zero-order valence-electron chi connectivity index (χ0n) is 10.9. The van der Waals surface area contributed by atoms with Crippen LogP contribution in [0.15, 0.2) is 11.3 Å². The summed E-state index contributed by atoms with van der Waals surface area (Å²) in [7, 11) is 0. The number of hydrogen-bond acceptors (Lipinski definition) is 2. The number of carbonyl (C=O) groups is 1. The highest BCUT2D eigenvalue weighted by Gasteiger charge is 2.31. The first-order chi connectivity index (χ1) is 8.33. The second kappa shape index (κ2) is 6.31. The number of rotatable bonds is 5. The van der Waals surface area contributed by atoms with Gasteiger partial charge in [-0.1, -0.05) is 19.8 Å². The van der Waals surface area contributed by atoms with Crippen LogP contribution in [-0.2, 0) is 9.53 Å². The molecule has 0 spiro atoms. The average molecular weight is 238 g/mol. The molecule has 1 N–H and O–H groups in total. The lowest BCUT2D eigenvalue weighted by atomic mass is 10.1. The highest BCUT2D eigenvalue weighted by Crippen LogP contribution is 2.23. The van der Waals surface area contributed by atoms with Crippen LogP contribution in [0.2, 0.25) is 0 Å². The number of ketones is 1. The molecular weight excluding hydrogens is 214 g/mol. The molecule has 0 aromatic rings. The first-order valence-corrected chi connectivity index (χ1v) is 7.01. The van der Waals surface area contributed by atoms with Gasteiger partial charge in [-0.3, -0.25) is 4.79 Å². The van der Waals surface area contributed by atoms with Crippen LogP contribution in [0.1, 0.15) is 45.4 Å². The summed E-state index contributed by atoms with van der Waals surface area (Å²) in [6, 6.07) is 0. The molecule has 0 bridgehead atoms. The van der Waals surface area contributed by atoms with Crippen LogP contribution in [0.5, 0.6) is 0 Å². The van der Waals surface area contributed by atoms with Crippen LogP contribution < -0.4 is 4.90 Å². The maximum absolute atomic E-state index is 11.9. The summed E-state index contributed by atoms with van der Waals surface area (Å²) in [5, 5.41) is 0. The normalized spacial score (nSPS) is 22.5. The van der Waals surface area contributed by atoms with Crippen LogP contribution in [0.3, 0.4) is 0 Å². The molecule has 0 saturated carbocycles. The second-order valence-corrected chi connectivity index (χ2v) is 5.05. The Morgan fingerprint density at radius 1 is 1.18 bits per heavy atom. The fraction of sp³-hybridized carbons (Fsp3) is 0.786. The van der Waals surface area contributed by atoms with Gasteiger partial charge in [0.15, 0.2) is 5.78 Å². The molecule has 0 aromatic heterocycles. The molecule has 1 heterocycles. The molecule has 0 atom stereocenters. The van der Waals surface area contributed by atoms with E-state index in [-0.39, 0.29) is 0 Å². The van der Waals surface area contributed by atoms with Crippen molar-refractivity contribution in [3.8, 4) is 0 Å². The lowest BCUT2D eigenvalue weighted by Gasteiger charge is -2.25. The van der Waals surface area contributed by atoms with Crippen molar-refractivity contribution >= 4 is 5.78 Å². The van der Waals surface area contributed by atoms with Crippen LogP contribution in [0.4, 0.5) is 0 Å². The van der Waals surface area contributed by atoms with Gasteiger partial charge in [-0.25, -0.2) is 0 Å². The standard InChI is InChI=1S/C14H23NO2/c1-2-3-4-5-12-13(6-7-14(12)16)15-8-10-17-11-9-15/h2-11H2,1H3/p+1. The van der Waals surface area contributed by atoms with Crippen LogP contribution in [0.25, 0.3) is 0 Å². The van der Waals surface area contributed by atoms with Gasteiger partial charge < -0.3 is 9.64 Å². The summed E-state index contributed by atoms with van der Waals surface area (Å²) in [4.78, 5) is 13.4. The third-order valence-electron chi connectivity index (χ3n) is 3.86. The van der Waals surface area contributed by atoms with Crippen molar-refractivity contribution < 1.29 is 14.4 Å². The van der Waals surface area contributed by atoms with E-state index in [4.69, 9.17) is 4.74 Å². The Morgan fingerprint density at radius 3 is 2.65 bits per heavy atom. The number of nitrogens with one attached hydrogen (secondary N) is 1. The van der Waals surface area contributed by atoms with Crippen molar-refractivity contribution in [2.45, 2.75) is 45.4 Å². The number of quaternary nitrogens is 1. The number of morpholine rings is 1. The maximum atomic E-state index is 11.9. The molecule has 2 aliphatic rings. The molecule has 3 heteroatoms. The third-order valence-corrected chi connectivity index (χ3v) is 3.86. The molecule has 1 aliphatic carbocycles. The fourth-order valence-corrected chi connectivity index (χ4v) is 2.86. The van der Waals surface area contributed by atoms with Gasteiger partial charge in [0.25, 0.3) is 0 Å². The van der Waals surface area contributed by atoms with Gasteiger partial charge in [0.2, 0.25) is 0 Å². The number of unbranched alkanes of at least 4 members (excludes halogenated alkanes) is 2. The van der Waals surface area contributed by atoms with Gasteiger partial charge in [-0.05, 0) is 12.8 Å². The van der Waals surface area contributed by atoms with Crippen molar-refractivity contribution in [3.05, 3.63) is 11.3 Å². The summed E-state index contributed by atoms with van der Waals surface area (Å²) in [6.07, 6.45) is 6.39. The van der Waals surface area contributed by atoms with Gasteiger partial charge in [0, 0.05) is 12.8 Å². The van der Waals surface area contributed by atoms with E-state index in [9.17, 15) is 4.79 Å². The van der Waals surface area contributed by atoms with Crippen LogP contribution in [-0.4, -0.2) is 32.1 Å². The van der Waals surface area contributed by atoms with E-state index < -0.39 is 0 Å². The second-order valence-electron chi connectivity index (χ2n) is 5.05. The molecule has 3 nitrogen and oxygen atoms in total. The number of Topliss-reactive ketones (excluding diaryl/α,β-unsaturated/α-hetero) is 1. The first-order valence-electron chi connectivity index (χ1n) is 7.01. The van der Waals surface area contributed by atoms with Crippen LogP contribution >= 0.6 is 0 Å². The van der Waals surface area contributed by atoms with E-state index >= 15 is 0 Å². The predicted molar refractivity (Wildman–Crippen MR) is 66.9 cm³/mol. The number of carbonyl (C=O) groups excluding carboxylic acids is 1. The van der Waals surface area contributed by atoms with Crippen molar-refractivity contribution in [2.24, 2.45) is 0 Å². The molecule has 0 unspecified atom stereocenters. The zero-order valence-corrected chi connectivity index (χ0v) is 10.9. The Kier molecular flexibility index (Phi) is 4.75. The first kappa shape index (κ1) is 12.8. The Balaban J connectivity index is 2.01. The lowest BCUT2D eigenvalue weighted by Crippen LogP contribution is -3.12. The van der Waals surface area contributed by atoms with Crippen molar-refractivity contribution in [3.63, 3.8) is 0 Å². The Hall–Kier alpha value is -0.670. The highest BCUT2D eigenvalue weighted by molar-refractivity contribution is 5.98. The van der Waals surface area contributed by atoms with Crippen LogP contribution in [0, 0.1) is 0 Å². The van der Waals surface area contributed by atoms with Crippen molar-refractivity contribution in [2.75, 3.05) is 26.3 Å². The molecule has 1 aliphatic heterocycles. The minimum Gasteiger partial charge on any atom is -0.370 e. The molecule has 0 aromatic carbocycles. The SMILES string of the molecule is CCCCCC1=C([NH+]2CCOCC2)CCC1=O. The van der Waals surface area contributed by atoms with Gasteiger partial charge >= 0.3 is 0 Å². The Labute approximate surface area is 104 Å². The molecule has 0 amide bonds. The summed E-state index contributed by atoms with van der Waals surface area (Å²) < 4.78 is 5.39. The zero-order chi connectivity index (χ0) is 12.1. The molecule has 1 fully saturated rings. The maximum Gasteiger partial charge on any atom is 0.164 e. The minimum absolute atomic E-state index is 0.412. The largest absolute Gasteiger partial charge is 0.370 e.